The number of morpholine rings is 1. The van der Waals surface area contributed by atoms with Crippen LogP contribution in [0.2, 0.25) is 0 Å². The lowest BCUT2D eigenvalue weighted by atomic mass is 10.2. The quantitative estimate of drug-likeness (QED) is 0.768. The van der Waals surface area contributed by atoms with Gasteiger partial charge in [0, 0.05) is 32.2 Å². The maximum atomic E-state index is 13.5. The van der Waals surface area contributed by atoms with Crippen molar-refractivity contribution in [3.05, 3.63) is 48.0 Å². The molecule has 0 spiro atoms. The second-order valence-electron chi connectivity index (χ2n) is 5.52. The first-order chi connectivity index (χ1) is 12.2. The lowest BCUT2D eigenvalue weighted by Crippen LogP contribution is -2.36. The first-order valence-corrected chi connectivity index (χ1v) is 8.15. The molecule has 132 valence electrons. The topological polar surface area (TPSA) is 79.4 Å². The summed E-state index contributed by atoms with van der Waals surface area (Å²) in [5, 5.41) is 5.80. The highest BCUT2D eigenvalue weighted by Crippen LogP contribution is 2.15. The van der Waals surface area contributed by atoms with Crippen LogP contribution in [0.3, 0.4) is 0 Å². The van der Waals surface area contributed by atoms with Crippen molar-refractivity contribution in [2.75, 3.05) is 49.6 Å². The number of aromatic nitrogens is 2. The zero-order chi connectivity index (χ0) is 17.5. The molecule has 1 aliphatic rings. The summed E-state index contributed by atoms with van der Waals surface area (Å²) < 4.78 is 18.9. The van der Waals surface area contributed by atoms with Crippen molar-refractivity contribution in [1.29, 1.82) is 0 Å². The molecule has 0 aliphatic carbocycles. The first kappa shape index (κ1) is 17.1. The van der Waals surface area contributed by atoms with E-state index in [1.54, 1.807) is 12.1 Å². The second-order valence-corrected chi connectivity index (χ2v) is 5.52. The predicted molar refractivity (Wildman–Crippen MR) is 92.3 cm³/mol. The van der Waals surface area contributed by atoms with E-state index in [0.29, 0.717) is 32.1 Å². The summed E-state index contributed by atoms with van der Waals surface area (Å²) in [7, 11) is 0. The van der Waals surface area contributed by atoms with Gasteiger partial charge in [0.05, 0.1) is 18.8 Å². The van der Waals surface area contributed by atoms with Gasteiger partial charge in [0.25, 0.3) is 5.91 Å². The lowest BCUT2D eigenvalue weighted by Gasteiger charge is -2.27. The third-order valence-electron chi connectivity index (χ3n) is 3.82. The van der Waals surface area contributed by atoms with Crippen LogP contribution in [-0.2, 0) is 4.74 Å². The fourth-order valence-electron chi connectivity index (χ4n) is 2.52. The fourth-order valence-corrected chi connectivity index (χ4v) is 2.52. The maximum absolute atomic E-state index is 13.5. The number of amides is 1. The van der Waals surface area contributed by atoms with E-state index in [-0.39, 0.29) is 5.56 Å². The molecule has 1 aliphatic heterocycles. The van der Waals surface area contributed by atoms with E-state index < -0.39 is 11.7 Å². The molecule has 2 heterocycles. The molecular formula is C17H20FN5O2. The zero-order valence-corrected chi connectivity index (χ0v) is 13.7. The molecule has 0 atom stereocenters. The molecule has 1 fully saturated rings. The van der Waals surface area contributed by atoms with Crippen LogP contribution in [0.25, 0.3) is 0 Å². The van der Waals surface area contributed by atoms with E-state index in [9.17, 15) is 9.18 Å². The molecular weight excluding hydrogens is 325 g/mol. The van der Waals surface area contributed by atoms with Crippen molar-refractivity contribution < 1.29 is 13.9 Å². The molecule has 0 unspecified atom stereocenters. The van der Waals surface area contributed by atoms with Crippen LogP contribution in [0.5, 0.6) is 0 Å². The molecule has 1 aromatic carbocycles. The molecule has 2 N–H and O–H groups in total. The molecule has 0 saturated carbocycles. The molecule has 3 rings (SSSR count). The van der Waals surface area contributed by atoms with Crippen molar-refractivity contribution in [3.8, 4) is 0 Å². The minimum Gasteiger partial charge on any atom is -0.378 e. The van der Waals surface area contributed by atoms with Crippen LogP contribution in [-0.4, -0.2) is 55.3 Å². The van der Waals surface area contributed by atoms with Gasteiger partial charge < -0.3 is 20.3 Å². The number of carbonyl (C=O) groups is 1. The molecule has 1 aromatic heterocycles. The van der Waals surface area contributed by atoms with E-state index in [4.69, 9.17) is 4.74 Å². The van der Waals surface area contributed by atoms with Crippen molar-refractivity contribution >= 4 is 17.5 Å². The minimum absolute atomic E-state index is 0.0409. The van der Waals surface area contributed by atoms with Gasteiger partial charge >= 0.3 is 0 Å². The van der Waals surface area contributed by atoms with Crippen LogP contribution in [0.4, 0.5) is 16.0 Å². The van der Waals surface area contributed by atoms with Crippen molar-refractivity contribution in [3.63, 3.8) is 0 Å². The summed E-state index contributed by atoms with van der Waals surface area (Å²) in [5.74, 6) is 0.559. The van der Waals surface area contributed by atoms with E-state index in [2.05, 4.69) is 25.5 Å². The van der Waals surface area contributed by atoms with Gasteiger partial charge in [0.1, 0.15) is 23.8 Å². The third-order valence-corrected chi connectivity index (χ3v) is 3.82. The summed E-state index contributed by atoms with van der Waals surface area (Å²) in [6.45, 7) is 3.80. The Hall–Kier alpha value is -2.74. The number of halogens is 1. The third kappa shape index (κ3) is 4.63. The van der Waals surface area contributed by atoms with Crippen LogP contribution in [0, 0.1) is 5.82 Å². The largest absolute Gasteiger partial charge is 0.378 e. The summed E-state index contributed by atoms with van der Waals surface area (Å²) >= 11 is 0. The van der Waals surface area contributed by atoms with Gasteiger partial charge in [-0.1, -0.05) is 12.1 Å². The highest BCUT2D eigenvalue weighted by molar-refractivity contribution is 5.94. The number of ether oxygens (including phenoxy) is 1. The van der Waals surface area contributed by atoms with E-state index in [0.717, 1.165) is 18.9 Å². The van der Waals surface area contributed by atoms with Gasteiger partial charge in [0.15, 0.2) is 0 Å². The first-order valence-electron chi connectivity index (χ1n) is 8.15. The minimum atomic E-state index is -0.529. The highest BCUT2D eigenvalue weighted by atomic mass is 19.1. The van der Waals surface area contributed by atoms with Gasteiger partial charge in [-0.3, -0.25) is 4.79 Å². The Bertz CT molecular complexity index is 722. The predicted octanol–water partition coefficient (Wildman–Crippen LogP) is 1.29. The number of rotatable bonds is 6. The Balaban J connectivity index is 1.47. The Morgan fingerprint density at radius 1 is 1.20 bits per heavy atom. The highest BCUT2D eigenvalue weighted by Gasteiger charge is 2.13. The fraction of sp³-hybridized carbons (Fsp3) is 0.353. The SMILES string of the molecule is O=C(NCCNc1cc(N2CCOCC2)ncn1)c1ccccc1F. The average molecular weight is 345 g/mol. The number of nitrogens with one attached hydrogen (secondary N) is 2. The molecule has 7 nitrogen and oxygen atoms in total. The van der Waals surface area contributed by atoms with Gasteiger partial charge in [0.2, 0.25) is 0 Å². The smallest absolute Gasteiger partial charge is 0.254 e. The average Bonchev–Trinajstić information content (AvgIpc) is 2.66. The van der Waals surface area contributed by atoms with Gasteiger partial charge in [-0.15, -0.1) is 0 Å². The number of hydrogen-bond acceptors (Lipinski definition) is 6. The van der Waals surface area contributed by atoms with Crippen LogP contribution >= 0.6 is 0 Å². The van der Waals surface area contributed by atoms with Crippen LogP contribution in [0.15, 0.2) is 36.7 Å². The van der Waals surface area contributed by atoms with E-state index >= 15 is 0 Å². The number of carbonyl (C=O) groups excluding carboxylic acids is 1. The number of nitrogens with zero attached hydrogens (tertiary/aromatic N) is 3. The van der Waals surface area contributed by atoms with Crippen LogP contribution < -0.4 is 15.5 Å². The summed E-state index contributed by atoms with van der Waals surface area (Å²) in [6, 6.07) is 7.77. The van der Waals surface area contributed by atoms with Crippen molar-refractivity contribution in [1.82, 2.24) is 15.3 Å². The molecule has 25 heavy (non-hydrogen) atoms. The monoisotopic (exact) mass is 345 g/mol. The summed E-state index contributed by atoms with van der Waals surface area (Å²) in [5.41, 5.74) is 0.0409. The molecule has 1 saturated heterocycles. The van der Waals surface area contributed by atoms with Gasteiger partial charge in [-0.2, -0.15) is 0 Å². The number of anilines is 2. The molecule has 8 heteroatoms. The Morgan fingerprint density at radius 3 is 2.80 bits per heavy atom. The van der Waals surface area contributed by atoms with Gasteiger partial charge in [-0.25, -0.2) is 14.4 Å². The molecule has 1 amide bonds. The Morgan fingerprint density at radius 2 is 2.00 bits per heavy atom. The molecule has 2 aromatic rings. The summed E-state index contributed by atoms with van der Waals surface area (Å²) in [4.78, 5) is 22.5. The molecule has 0 radical (unpaired) electrons. The van der Waals surface area contributed by atoms with Gasteiger partial charge in [-0.05, 0) is 12.1 Å². The Kier molecular flexibility index (Phi) is 5.73. The normalized spacial score (nSPS) is 14.2. The number of benzene rings is 1. The summed E-state index contributed by atoms with van der Waals surface area (Å²) in [6.07, 6.45) is 1.51. The van der Waals surface area contributed by atoms with Crippen molar-refractivity contribution in [2.24, 2.45) is 0 Å². The second kappa shape index (κ2) is 8.39. The van der Waals surface area contributed by atoms with Crippen LogP contribution in [0.1, 0.15) is 10.4 Å². The van der Waals surface area contributed by atoms with E-state index in [1.165, 1.54) is 18.5 Å². The zero-order valence-electron chi connectivity index (χ0n) is 13.7. The maximum Gasteiger partial charge on any atom is 0.254 e. The standard InChI is InChI=1S/C17H20FN5O2/c18-14-4-2-1-3-13(14)17(24)20-6-5-19-15-11-16(22-12-21-15)23-7-9-25-10-8-23/h1-4,11-12H,5-10H2,(H,20,24)(H,19,21,22). The number of hydrogen-bond donors (Lipinski definition) is 2. The van der Waals surface area contributed by atoms with Crippen molar-refractivity contribution in [2.45, 2.75) is 0 Å². The molecule has 0 bridgehead atoms. The lowest BCUT2D eigenvalue weighted by molar-refractivity contribution is 0.0951. The Labute approximate surface area is 145 Å². The van der Waals surface area contributed by atoms with E-state index in [1.807, 2.05) is 6.07 Å².